The molecular formula is C17H18N4OS. The van der Waals surface area contributed by atoms with Gasteiger partial charge in [-0.25, -0.2) is 4.98 Å². The molecule has 1 aromatic carbocycles. The minimum absolute atomic E-state index is 0.0770. The third-order valence-corrected chi connectivity index (χ3v) is 5.29. The first-order chi connectivity index (χ1) is 11.2. The van der Waals surface area contributed by atoms with Gasteiger partial charge in [-0.3, -0.25) is 9.78 Å². The molecule has 0 radical (unpaired) electrons. The van der Waals surface area contributed by atoms with Crippen molar-refractivity contribution in [2.24, 2.45) is 0 Å². The molecule has 0 amide bonds. The summed E-state index contributed by atoms with van der Waals surface area (Å²) in [5.41, 5.74) is 3.02. The van der Waals surface area contributed by atoms with E-state index < -0.39 is 0 Å². The topological polar surface area (TPSA) is 69.8 Å². The minimum Gasteiger partial charge on any atom is -0.352 e. The Bertz CT molecular complexity index is 891. The highest BCUT2D eigenvalue weighted by Gasteiger charge is 2.16. The Labute approximate surface area is 137 Å². The molecule has 5 nitrogen and oxygen atoms in total. The van der Waals surface area contributed by atoms with Crippen LogP contribution in [0.25, 0.3) is 20.7 Å². The third-order valence-electron chi connectivity index (χ3n) is 4.12. The summed E-state index contributed by atoms with van der Waals surface area (Å²) < 4.78 is 0.677. The van der Waals surface area contributed by atoms with Crippen molar-refractivity contribution in [3.8, 4) is 10.4 Å². The van der Waals surface area contributed by atoms with Crippen LogP contribution in [-0.2, 0) is 0 Å². The molecule has 1 saturated heterocycles. The number of anilines is 1. The lowest BCUT2D eigenvalue weighted by molar-refractivity contribution is 0.781. The van der Waals surface area contributed by atoms with E-state index in [-0.39, 0.29) is 5.56 Å². The highest BCUT2D eigenvalue weighted by molar-refractivity contribution is 7.22. The van der Waals surface area contributed by atoms with Gasteiger partial charge in [-0.1, -0.05) is 29.8 Å². The number of nitrogens with zero attached hydrogens (tertiary/aromatic N) is 1. The lowest BCUT2D eigenvalue weighted by Crippen LogP contribution is -2.24. The number of nitrogens with one attached hydrogen (secondary N) is 3. The van der Waals surface area contributed by atoms with Crippen LogP contribution in [0.4, 0.5) is 5.95 Å². The number of rotatable bonds is 3. The molecule has 6 heteroatoms. The maximum absolute atomic E-state index is 12.3. The first kappa shape index (κ1) is 14.4. The molecule has 0 bridgehead atoms. The van der Waals surface area contributed by atoms with Gasteiger partial charge >= 0.3 is 0 Å². The van der Waals surface area contributed by atoms with Crippen molar-refractivity contribution in [1.29, 1.82) is 0 Å². The van der Waals surface area contributed by atoms with Crippen LogP contribution in [0.15, 0.2) is 35.1 Å². The Balaban J connectivity index is 1.71. The highest BCUT2D eigenvalue weighted by Crippen LogP contribution is 2.31. The number of fused-ring (bicyclic) bond motifs is 1. The molecule has 4 rings (SSSR count). The van der Waals surface area contributed by atoms with Crippen LogP contribution in [0.5, 0.6) is 0 Å². The van der Waals surface area contributed by atoms with E-state index in [1.165, 1.54) is 16.9 Å². The van der Waals surface area contributed by atoms with Crippen LogP contribution < -0.4 is 16.2 Å². The summed E-state index contributed by atoms with van der Waals surface area (Å²) in [5.74, 6) is 0.560. The summed E-state index contributed by atoms with van der Waals surface area (Å²) in [6, 6.07) is 10.6. The predicted octanol–water partition coefficient (Wildman–Crippen LogP) is 2.73. The Morgan fingerprint density at radius 3 is 2.87 bits per heavy atom. The summed E-state index contributed by atoms with van der Waals surface area (Å²) in [6.07, 6.45) is 1.04. The maximum Gasteiger partial charge on any atom is 0.270 e. The van der Waals surface area contributed by atoms with Crippen LogP contribution >= 0.6 is 11.3 Å². The zero-order valence-corrected chi connectivity index (χ0v) is 13.7. The number of H-pyrrole nitrogens is 1. The Kier molecular flexibility index (Phi) is 3.63. The molecule has 1 atom stereocenters. The largest absolute Gasteiger partial charge is 0.352 e. The first-order valence-corrected chi connectivity index (χ1v) is 8.59. The van der Waals surface area contributed by atoms with Crippen molar-refractivity contribution in [1.82, 2.24) is 15.3 Å². The van der Waals surface area contributed by atoms with E-state index in [1.807, 2.05) is 6.07 Å². The maximum atomic E-state index is 12.3. The van der Waals surface area contributed by atoms with E-state index in [9.17, 15) is 4.79 Å². The van der Waals surface area contributed by atoms with Crippen molar-refractivity contribution in [2.45, 2.75) is 19.4 Å². The molecule has 0 spiro atoms. The van der Waals surface area contributed by atoms with Crippen LogP contribution in [0, 0.1) is 6.92 Å². The van der Waals surface area contributed by atoms with E-state index in [0.717, 1.165) is 35.5 Å². The van der Waals surface area contributed by atoms with E-state index in [0.29, 0.717) is 16.7 Å². The molecule has 0 aliphatic carbocycles. The third kappa shape index (κ3) is 2.87. The van der Waals surface area contributed by atoms with Crippen molar-refractivity contribution < 1.29 is 0 Å². The standard InChI is InChI=1S/C17H18N4OS/c1-10-2-4-11(5-3-10)14-8-13-15(23-14)16(22)21-17(20-13)19-12-6-7-18-9-12/h2-5,8,12,18H,6-7,9H2,1H3,(H2,19,20,21,22). The SMILES string of the molecule is Cc1ccc(-c2cc3nc(NC4CCNC4)[nH]c(=O)c3s2)cc1. The Hall–Kier alpha value is -2.18. The molecule has 1 aliphatic rings. The minimum atomic E-state index is -0.0770. The zero-order valence-electron chi connectivity index (χ0n) is 12.8. The van der Waals surface area contributed by atoms with Gasteiger partial charge in [0.1, 0.15) is 4.70 Å². The Morgan fingerprint density at radius 2 is 2.13 bits per heavy atom. The number of aryl methyl sites for hydroxylation is 1. The number of benzene rings is 1. The lowest BCUT2D eigenvalue weighted by Gasteiger charge is -2.10. The average molecular weight is 326 g/mol. The molecule has 23 heavy (non-hydrogen) atoms. The van der Waals surface area contributed by atoms with Crippen molar-refractivity contribution in [3.63, 3.8) is 0 Å². The van der Waals surface area contributed by atoms with Crippen molar-refractivity contribution in [3.05, 3.63) is 46.2 Å². The molecule has 3 N–H and O–H groups in total. The van der Waals surface area contributed by atoms with Crippen LogP contribution in [0.3, 0.4) is 0 Å². The fourth-order valence-electron chi connectivity index (χ4n) is 2.84. The van der Waals surface area contributed by atoms with Gasteiger partial charge in [-0.05, 0) is 31.5 Å². The second-order valence-corrected chi connectivity index (χ2v) is 6.99. The van der Waals surface area contributed by atoms with Gasteiger partial charge in [-0.15, -0.1) is 11.3 Å². The lowest BCUT2D eigenvalue weighted by atomic mass is 10.1. The molecule has 1 unspecified atom stereocenters. The summed E-state index contributed by atoms with van der Waals surface area (Å²) >= 11 is 1.49. The van der Waals surface area contributed by atoms with Gasteiger partial charge in [0.05, 0.1) is 5.52 Å². The van der Waals surface area contributed by atoms with Crippen molar-refractivity contribution >= 4 is 27.5 Å². The van der Waals surface area contributed by atoms with E-state index in [1.54, 1.807) is 0 Å². The summed E-state index contributed by atoms with van der Waals surface area (Å²) in [6.45, 7) is 3.97. The predicted molar refractivity (Wildman–Crippen MR) is 95.3 cm³/mol. The molecule has 1 aliphatic heterocycles. The molecule has 3 heterocycles. The quantitative estimate of drug-likeness (QED) is 0.692. The molecular weight excluding hydrogens is 308 g/mol. The van der Waals surface area contributed by atoms with E-state index in [4.69, 9.17) is 0 Å². The second kappa shape index (κ2) is 5.79. The summed E-state index contributed by atoms with van der Waals surface area (Å²) in [7, 11) is 0. The molecule has 0 saturated carbocycles. The van der Waals surface area contributed by atoms with Crippen LogP contribution in [-0.4, -0.2) is 29.1 Å². The van der Waals surface area contributed by atoms with Gasteiger partial charge in [0, 0.05) is 17.5 Å². The average Bonchev–Trinajstić information content (AvgIpc) is 3.17. The molecule has 1 fully saturated rings. The Morgan fingerprint density at radius 1 is 1.30 bits per heavy atom. The van der Waals surface area contributed by atoms with Crippen molar-refractivity contribution in [2.75, 3.05) is 18.4 Å². The van der Waals surface area contributed by atoms with Gasteiger partial charge in [0.15, 0.2) is 0 Å². The molecule has 118 valence electrons. The fourth-order valence-corrected chi connectivity index (χ4v) is 3.84. The summed E-state index contributed by atoms with van der Waals surface area (Å²) in [5, 5.41) is 6.60. The van der Waals surface area contributed by atoms with E-state index in [2.05, 4.69) is 51.8 Å². The number of aromatic amines is 1. The number of hydrogen-bond acceptors (Lipinski definition) is 5. The van der Waals surface area contributed by atoms with E-state index >= 15 is 0 Å². The second-order valence-electron chi connectivity index (χ2n) is 5.94. The number of aromatic nitrogens is 2. The molecule has 3 aromatic rings. The monoisotopic (exact) mass is 326 g/mol. The van der Waals surface area contributed by atoms with Crippen LogP contribution in [0.2, 0.25) is 0 Å². The zero-order chi connectivity index (χ0) is 15.8. The van der Waals surface area contributed by atoms with Gasteiger partial charge in [0.25, 0.3) is 5.56 Å². The fraction of sp³-hybridized carbons (Fsp3) is 0.294. The first-order valence-electron chi connectivity index (χ1n) is 7.77. The van der Waals surface area contributed by atoms with Gasteiger partial charge in [0.2, 0.25) is 5.95 Å². The van der Waals surface area contributed by atoms with Gasteiger partial charge in [-0.2, -0.15) is 0 Å². The normalized spacial score (nSPS) is 17.7. The summed E-state index contributed by atoms with van der Waals surface area (Å²) in [4.78, 5) is 20.8. The number of thiophene rings is 1. The smallest absolute Gasteiger partial charge is 0.270 e. The molecule has 2 aromatic heterocycles. The van der Waals surface area contributed by atoms with Gasteiger partial charge < -0.3 is 10.6 Å². The van der Waals surface area contributed by atoms with Crippen LogP contribution in [0.1, 0.15) is 12.0 Å². The highest BCUT2D eigenvalue weighted by atomic mass is 32.1. The number of hydrogen-bond donors (Lipinski definition) is 3.